The first kappa shape index (κ1) is 16.1. The van der Waals surface area contributed by atoms with Gasteiger partial charge >= 0.3 is 0 Å². The van der Waals surface area contributed by atoms with Crippen molar-refractivity contribution >= 4 is 0 Å². The summed E-state index contributed by atoms with van der Waals surface area (Å²) >= 11 is 0. The van der Waals surface area contributed by atoms with Crippen LogP contribution in [0.15, 0.2) is 18.2 Å². The van der Waals surface area contributed by atoms with Gasteiger partial charge in [0.2, 0.25) is 0 Å². The number of nitrogens with one attached hydrogen (secondary N) is 2. The van der Waals surface area contributed by atoms with Crippen LogP contribution in [-0.2, 0) is 13.1 Å². The minimum atomic E-state index is 0.567. The summed E-state index contributed by atoms with van der Waals surface area (Å²) in [6.07, 6.45) is 11.7. The molecule has 3 nitrogen and oxygen atoms in total. The molecular formula is C23H33N3. The van der Waals surface area contributed by atoms with E-state index in [0.717, 1.165) is 24.5 Å². The number of nitrogens with zero attached hydrogens (tertiary/aromatic N) is 1. The molecule has 26 heavy (non-hydrogen) atoms. The zero-order valence-electron chi connectivity index (χ0n) is 16.0. The van der Waals surface area contributed by atoms with Gasteiger partial charge in [-0.05, 0) is 98.5 Å². The fraction of sp³-hybridized carbons (Fsp3) is 0.739. The molecule has 0 aromatic heterocycles. The Labute approximate surface area is 157 Å². The predicted octanol–water partition coefficient (Wildman–Crippen LogP) is 3.74. The van der Waals surface area contributed by atoms with Crippen molar-refractivity contribution in [2.75, 3.05) is 19.6 Å². The van der Waals surface area contributed by atoms with Crippen LogP contribution in [0, 0.1) is 10.8 Å². The molecule has 140 valence electrons. The maximum atomic E-state index is 3.86. The minimum Gasteiger partial charge on any atom is -0.310 e. The maximum absolute atomic E-state index is 3.86. The van der Waals surface area contributed by atoms with E-state index in [2.05, 4.69) is 33.7 Å². The van der Waals surface area contributed by atoms with Gasteiger partial charge in [-0.25, -0.2) is 0 Å². The molecule has 5 aliphatic rings. The van der Waals surface area contributed by atoms with Crippen molar-refractivity contribution < 1.29 is 0 Å². The number of benzene rings is 1. The maximum Gasteiger partial charge on any atom is 0.0326 e. The van der Waals surface area contributed by atoms with Crippen molar-refractivity contribution in [1.82, 2.24) is 15.5 Å². The van der Waals surface area contributed by atoms with Crippen molar-refractivity contribution in [3.63, 3.8) is 0 Å². The summed E-state index contributed by atoms with van der Waals surface area (Å²) in [6.45, 7) is 6.08. The lowest BCUT2D eigenvalue weighted by molar-refractivity contribution is -0.0708. The second-order valence-corrected chi connectivity index (χ2v) is 10.0. The highest BCUT2D eigenvalue weighted by molar-refractivity contribution is 5.36. The van der Waals surface area contributed by atoms with Crippen molar-refractivity contribution in [1.29, 1.82) is 0 Å². The number of likely N-dealkylation sites (tertiary alicyclic amines) is 1. The normalized spacial score (nSPS) is 38.3. The summed E-state index contributed by atoms with van der Waals surface area (Å²) in [5.74, 6) is 0. The van der Waals surface area contributed by atoms with E-state index >= 15 is 0 Å². The fourth-order valence-corrected chi connectivity index (χ4v) is 6.61. The van der Waals surface area contributed by atoms with E-state index in [1.807, 2.05) is 0 Å². The average Bonchev–Trinajstić information content (AvgIpc) is 3.25. The van der Waals surface area contributed by atoms with E-state index in [0.29, 0.717) is 11.5 Å². The third-order valence-electron chi connectivity index (χ3n) is 8.77. The number of rotatable bonds is 2. The van der Waals surface area contributed by atoms with Gasteiger partial charge in [-0.15, -0.1) is 0 Å². The van der Waals surface area contributed by atoms with Crippen LogP contribution in [0.5, 0.6) is 0 Å². The third kappa shape index (κ3) is 2.51. The van der Waals surface area contributed by atoms with E-state index in [9.17, 15) is 0 Å². The topological polar surface area (TPSA) is 27.3 Å². The largest absolute Gasteiger partial charge is 0.310 e. The highest BCUT2D eigenvalue weighted by Crippen LogP contribution is 2.58. The molecule has 1 aromatic rings. The highest BCUT2D eigenvalue weighted by Gasteiger charge is 2.53. The van der Waals surface area contributed by atoms with Crippen LogP contribution in [0.2, 0.25) is 0 Å². The molecule has 2 saturated heterocycles. The van der Waals surface area contributed by atoms with Crippen LogP contribution in [0.4, 0.5) is 0 Å². The van der Waals surface area contributed by atoms with Crippen LogP contribution >= 0.6 is 0 Å². The molecule has 0 bridgehead atoms. The van der Waals surface area contributed by atoms with Gasteiger partial charge < -0.3 is 10.6 Å². The van der Waals surface area contributed by atoms with E-state index < -0.39 is 0 Å². The van der Waals surface area contributed by atoms with E-state index in [-0.39, 0.29) is 0 Å². The molecule has 3 heteroatoms. The minimum absolute atomic E-state index is 0.567. The summed E-state index contributed by atoms with van der Waals surface area (Å²) in [7, 11) is 0. The molecule has 3 unspecified atom stereocenters. The monoisotopic (exact) mass is 351 g/mol. The Morgan fingerprint density at radius 1 is 0.923 bits per heavy atom. The second-order valence-electron chi connectivity index (χ2n) is 10.0. The zero-order chi connectivity index (χ0) is 17.2. The first-order chi connectivity index (χ1) is 12.8. The van der Waals surface area contributed by atoms with E-state index in [1.54, 1.807) is 0 Å². The van der Waals surface area contributed by atoms with Gasteiger partial charge in [-0.3, -0.25) is 4.90 Å². The Bertz CT molecular complexity index is 699. The second kappa shape index (κ2) is 5.80. The Hall–Kier alpha value is -0.900. The fourth-order valence-electron chi connectivity index (χ4n) is 6.61. The molecule has 0 amide bonds. The van der Waals surface area contributed by atoms with Gasteiger partial charge in [0.05, 0.1) is 0 Å². The third-order valence-corrected chi connectivity index (χ3v) is 8.77. The van der Waals surface area contributed by atoms with Gasteiger partial charge in [-0.1, -0.05) is 18.2 Å². The molecule has 2 aliphatic carbocycles. The number of piperidine rings is 2. The summed E-state index contributed by atoms with van der Waals surface area (Å²) < 4.78 is 0. The van der Waals surface area contributed by atoms with Crippen molar-refractivity contribution in [3.8, 4) is 0 Å². The van der Waals surface area contributed by atoms with E-state index in [4.69, 9.17) is 0 Å². The molecule has 4 fully saturated rings. The molecule has 6 rings (SSSR count). The summed E-state index contributed by atoms with van der Waals surface area (Å²) in [4.78, 5) is 2.90. The van der Waals surface area contributed by atoms with Gasteiger partial charge in [0.25, 0.3) is 0 Å². The van der Waals surface area contributed by atoms with E-state index in [1.165, 1.54) is 87.7 Å². The van der Waals surface area contributed by atoms with Crippen molar-refractivity contribution in [3.05, 3.63) is 34.9 Å². The summed E-state index contributed by atoms with van der Waals surface area (Å²) in [5.41, 5.74) is 5.97. The summed E-state index contributed by atoms with van der Waals surface area (Å²) in [6, 6.07) is 8.69. The number of hydrogen-bond donors (Lipinski definition) is 2. The Morgan fingerprint density at radius 3 is 2.54 bits per heavy atom. The lowest BCUT2D eigenvalue weighted by atomic mass is 9.57. The van der Waals surface area contributed by atoms with Crippen LogP contribution in [0.1, 0.15) is 74.1 Å². The molecule has 3 heterocycles. The van der Waals surface area contributed by atoms with Crippen molar-refractivity contribution in [2.45, 2.75) is 76.5 Å². The van der Waals surface area contributed by atoms with Gasteiger partial charge in [0, 0.05) is 25.2 Å². The zero-order valence-corrected chi connectivity index (χ0v) is 16.0. The standard InChI is InChI=1S/C23H33N3/c1-2-18-15-24-16-19(18)13-17(1)20-14-23(7-10-25-20)4-3-21(23)26-11-8-22(5-6-22)9-12-26/h1-2,13,20-21,24-25H,3-12,14-16H2. The Balaban J connectivity index is 1.18. The molecule has 3 aliphatic heterocycles. The van der Waals surface area contributed by atoms with Crippen LogP contribution in [0.3, 0.4) is 0 Å². The van der Waals surface area contributed by atoms with Gasteiger partial charge in [0.1, 0.15) is 0 Å². The lowest BCUT2D eigenvalue weighted by Crippen LogP contribution is -2.60. The first-order valence-electron chi connectivity index (χ1n) is 11.1. The molecule has 2 N–H and O–H groups in total. The quantitative estimate of drug-likeness (QED) is 0.850. The van der Waals surface area contributed by atoms with Gasteiger partial charge in [-0.2, -0.15) is 0 Å². The predicted molar refractivity (Wildman–Crippen MR) is 105 cm³/mol. The molecule has 0 radical (unpaired) electrons. The average molecular weight is 352 g/mol. The molecular weight excluding hydrogens is 318 g/mol. The molecule has 1 aromatic carbocycles. The first-order valence-corrected chi connectivity index (χ1v) is 11.1. The summed E-state index contributed by atoms with van der Waals surface area (Å²) in [5, 5.41) is 7.35. The van der Waals surface area contributed by atoms with Crippen LogP contribution in [-0.4, -0.2) is 30.6 Å². The molecule has 2 spiro atoms. The molecule has 2 saturated carbocycles. The lowest BCUT2D eigenvalue weighted by Gasteiger charge is -2.59. The van der Waals surface area contributed by atoms with Crippen molar-refractivity contribution in [2.24, 2.45) is 10.8 Å². The van der Waals surface area contributed by atoms with Gasteiger partial charge in [0.15, 0.2) is 0 Å². The Kier molecular flexibility index (Phi) is 3.59. The van der Waals surface area contributed by atoms with Crippen LogP contribution < -0.4 is 10.6 Å². The number of hydrogen-bond acceptors (Lipinski definition) is 3. The SMILES string of the molecule is c1cc2c(cc1C1CC3(CCN1)CCC3N1CCC3(CC1)CC3)CNC2. The smallest absolute Gasteiger partial charge is 0.0326 e. The van der Waals surface area contributed by atoms with Crippen LogP contribution in [0.25, 0.3) is 0 Å². The highest BCUT2D eigenvalue weighted by atomic mass is 15.2. The molecule has 3 atom stereocenters. The number of fused-ring (bicyclic) bond motifs is 1. The Morgan fingerprint density at radius 2 is 1.77 bits per heavy atom.